The van der Waals surface area contributed by atoms with Gasteiger partial charge >= 0.3 is 0 Å². The summed E-state index contributed by atoms with van der Waals surface area (Å²) in [7, 11) is 0. The number of piperidine rings is 1. The number of hydrogen-bond acceptors (Lipinski definition) is 1. The van der Waals surface area contributed by atoms with Gasteiger partial charge in [-0.3, -0.25) is 0 Å². The lowest BCUT2D eigenvalue weighted by Crippen LogP contribution is -2.31. The van der Waals surface area contributed by atoms with Crippen molar-refractivity contribution in [1.82, 2.24) is 4.90 Å². The number of likely N-dealkylation sites (tertiary alicyclic amines) is 1. The molecule has 1 nitrogen and oxygen atoms in total. The van der Waals surface area contributed by atoms with E-state index in [0.29, 0.717) is 0 Å². The summed E-state index contributed by atoms with van der Waals surface area (Å²) in [6, 6.07) is 0.769. The van der Waals surface area contributed by atoms with Gasteiger partial charge in [0.2, 0.25) is 0 Å². The summed E-state index contributed by atoms with van der Waals surface area (Å²) in [4.78, 5) is 2.68. The molecular formula is C13H25N. The summed E-state index contributed by atoms with van der Waals surface area (Å²) in [6.45, 7) is 9.77. The lowest BCUT2D eigenvalue weighted by atomic mass is 9.97. The van der Waals surface area contributed by atoms with Crippen molar-refractivity contribution in [1.29, 1.82) is 0 Å². The molecule has 0 aromatic rings. The van der Waals surface area contributed by atoms with Crippen LogP contribution in [-0.4, -0.2) is 24.0 Å². The highest BCUT2D eigenvalue weighted by molar-refractivity contribution is 5.10. The van der Waals surface area contributed by atoms with E-state index in [1.807, 2.05) is 0 Å². The SMILES string of the molecule is CCCCCC12CC1CN(C(C)C)C2. The van der Waals surface area contributed by atoms with Crippen LogP contribution in [0.15, 0.2) is 0 Å². The maximum atomic E-state index is 2.68. The number of hydrogen-bond donors (Lipinski definition) is 0. The van der Waals surface area contributed by atoms with E-state index in [1.54, 1.807) is 6.42 Å². The molecule has 0 spiro atoms. The smallest absolute Gasteiger partial charge is 0.00441 e. The third-order valence-electron chi connectivity index (χ3n) is 4.34. The van der Waals surface area contributed by atoms with Gasteiger partial charge in [0.1, 0.15) is 0 Å². The Balaban J connectivity index is 1.77. The number of nitrogens with zero attached hydrogens (tertiary/aromatic N) is 1. The highest BCUT2D eigenvalue weighted by atomic mass is 15.2. The second-order valence-corrected chi connectivity index (χ2v) is 5.74. The molecule has 2 atom stereocenters. The third-order valence-corrected chi connectivity index (χ3v) is 4.34. The Labute approximate surface area is 88.9 Å². The van der Waals surface area contributed by atoms with Gasteiger partial charge in [-0.25, -0.2) is 0 Å². The molecule has 0 bridgehead atoms. The molecule has 1 heterocycles. The van der Waals surface area contributed by atoms with Crippen LogP contribution in [0.5, 0.6) is 0 Å². The van der Waals surface area contributed by atoms with Crippen LogP contribution in [0, 0.1) is 11.3 Å². The first-order chi connectivity index (χ1) is 6.68. The van der Waals surface area contributed by atoms with Crippen molar-refractivity contribution in [2.75, 3.05) is 13.1 Å². The largest absolute Gasteiger partial charge is 0.300 e. The minimum absolute atomic E-state index is 0.769. The van der Waals surface area contributed by atoms with Gasteiger partial charge in [-0.1, -0.05) is 26.2 Å². The number of fused-ring (bicyclic) bond motifs is 1. The lowest BCUT2D eigenvalue weighted by Gasteiger charge is -2.24. The van der Waals surface area contributed by atoms with E-state index in [-0.39, 0.29) is 0 Å². The van der Waals surface area contributed by atoms with Crippen LogP contribution in [0.1, 0.15) is 52.9 Å². The fourth-order valence-electron chi connectivity index (χ4n) is 3.14. The third kappa shape index (κ3) is 1.84. The van der Waals surface area contributed by atoms with Crippen molar-refractivity contribution < 1.29 is 0 Å². The molecule has 1 aliphatic carbocycles. The van der Waals surface area contributed by atoms with Crippen LogP contribution in [0.25, 0.3) is 0 Å². The fraction of sp³-hybridized carbons (Fsp3) is 1.00. The highest BCUT2D eigenvalue weighted by Gasteiger charge is 2.58. The molecule has 82 valence electrons. The fourth-order valence-corrected chi connectivity index (χ4v) is 3.14. The van der Waals surface area contributed by atoms with Crippen LogP contribution in [-0.2, 0) is 0 Å². The lowest BCUT2D eigenvalue weighted by molar-refractivity contribution is 0.224. The first kappa shape index (κ1) is 10.5. The van der Waals surface area contributed by atoms with E-state index in [0.717, 1.165) is 17.4 Å². The maximum Gasteiger partial charge on any atom is 0.00441 e. The Morgan fingerprint density at radius 1 is 1.36 bits per heavy atom. The zero-order chi connectivity index (χ0) is 10.2. The van der Waals surface area contributed by atoms with Crippen molar-refractivity contribution in [3.8, 4) is 0 Å². The van der Waals surface area contributed by atoms with Crippen LogP contribution in [0.3, 0.4) is 0 Å². The highest BCUT2D eigenvalue weighted by Crippen LogP contribution is 2.60. The zero-order valence-corrected chi connectivity index (χ0v) is 10.1. The minimum atomic E-state index is 0.769. The van der Waals surface area contributed by atoms with Gasteiger partial charge in [-0.05, 0) is 38.0 Å². The zero-order valence-electron chi connectivity index (χ0n) is 10.1. The molecule has 14 heavy (non-hydrogen) atoms. The van der Waals surface area contributed by atoms with E-state index in [1.165, 1.54) is 38.8 Å². The molecular weight excluding hydrogens is 170 g/mol. The van der Waals surface area contributed by atoms with Crippen LogP contribution in [0.2, 0.25) is 0 Å². The second-order valence-electron chi connectivity index (χ2n) is 5.74. The molecule has 2 fully saturated rings. The van der Waals surface area contributed by atoms with Gasteiger partial charge in [0, 0.05) is 19.1 Å². The maximum absolute atomic E-state index is 2.68. The van der Waals surface area contributed by atoms with Gasteiger partial charge in [0.05, 0.1) is 0 Å². The molecule has 0 aromatic carbocycles. The summed E-state index contributed by atoms with van der Waals surface area (Å²) in [6.07, 6.45) is 7.33. The summed E-state index contributed by atoms with van der Waals surface area (Å²) in [5.41, 5.74) is 0.791. The standard InChI is InChI=1S/C13H25N/c1-4-5-6-7-13-8-12(13)9-14(10-13)11(2)3/h11-12H,4-10H2,1-3H3. The molecule has 2 rings (SSSR count). The van der Waals surface area contributed by atoms with Crippen molar-refractivity contribution in [3.63, 3.8) is 0 Å². The van der Waals surface area contributed by atoms with E-state index >= 15 is 0 Å². The number of unbranched alkanes of at least 4 members (excludes halogenated alkanes) is 2. The normalized spacial score (nSPS) is 36.4. The van der Waals surface area contributed by atoms with Gasteiger partial charge in [-0.2, -0.15) is 0 Å². The molecule has 1 saturated heterocycles. The molecule has 0 amide bonds. The molecule has 0 N–H and O–H groups in total. The predicted molar refractivity (Wildman–Crippen MR) is 61.4 cm³/mol. The molecule has 1 saturated carbocycles. The summed E-state index contributed by atoms with van der Waals surface area (Å²) in [5, 5.41) is 0. The summed E-state index contributed by atoms with van der Waals surface area (Å²) >= 11 is 0. The Kier molecular flexibility index (Phi) is 2.88. The van der Waals surface area contributed by atoms with E-state index in [2.05, 4.69) is 25.7 Å². The second kappa shape index (κ2) is 3.84. The van der Waals surface area contributed by atoms with E-state index < -0.39 is 0 Å². The van der Waals surface area contributed by atoms with Crippen molar-refractivity contribution in [3.05, 3.63) is 0 Å². The van der Waals surface area contributed by atoms with E-state index in [4.69, 9.17) is 0 Å². The molecule has 2 aliphatic rings. The topological polar surface area (TPSA) is 3.24 Å². The van der Waals surface area contributed by atoms with Crippen molar-refractivity contribution in [2.24, 2.45) is 11.3 Å². The van der Waals surface area contributed by atoms with Crippen LogP contribution < -0.4 is 0 Å². The Hall–Kier alpha value is -0.0400. The Morgan fingerprint density at radius 3 is 2.71 bits per heavy atom. The molecule has 1 aliphatic heterocycles. The van der Waals surface area contributed by atoms with E-state index in [9.17, 15) is 0 Å². The van der Waals surface area contributed by atoms with Crippen molar-refractivity contribution in [2.45, 2.75) is 58.9 Å². The monoisotopic (exact) mass is 195 g/mol. The van der Waals surface area contributed by atoms with Crippen LogP contribution >= 0.6 is 0 Å². The molecule has 0 radical (unpaired) electrons. The van der Waals surface area contributed by atoms with Crippen molar-refractivity contribution >= 4 is 0 Å². The predicted octanol–water partition coefficient (Wildman–Crippen LogP) is 3.30. The van der Waals surface area contributed by atoms with Gasteiger partial charge in [0.15, 0.2) is 0 Å². The summed E-state index contributed by atoms with van der Waals surface area (Å²) < 4.78 is 0. The summed E-state index contributed by atoms with van der Waals surface area (Å²) in [5.74, 6) is 1.07. The molecule has 0 aromatic heterocycles. The van der Waals surface area contributed by atoms with Gasteiger partial charge < -0.3 is 4.90 Å². The van der Waals surface area contributed by atoms with Crippen LogP contribution in [0.4, 0.5) is 0 Å². The van der Waals surface area contributed by atoms with Gasteiger partial charge in [0.25, 0.3) is 0 Å². The first-order valence-corrected chi connectivity index (χ1v) is 6.42. The molecule has 1 heteroatoms. The number of rotatable bonds is 5. The molecule has 2 unspecified atom stereocenters. The Morgan fingerprint density at radius 2 is 2.14 bits per heavy atom. The Bertz CT molecular complexity index is 199. The quantitative estimate of drug-likeness (QED) is 0.608. The van der Waals surface area contributed by atoms with Gasteiger partial charge in [-0.15, -0.1) is 0 Å². The minimum Gasteiger partial charge on any atom is -0.300 e. The average Bonchev–Trinajstić information content (AvgIpc) is 2.69. The first-order valence-electron chi connectivity index (χ1n) is 6.42. The average molecular weight is 195 g/mol.